The molecule has 0 aliphatic carbocycles. The van der Waals surface area contributed by atoms with Crippen LogP contribution < -0.4 is 10.6 Å². The van der Waals surface area contributed by atoms with Crippen LogP contribution in [0, 0.1) is 0 Å². The molecule has 1 heterocycles. The standard InChI is InChI=1S/C8H18N2S/c1-11-5-3-2-4-10-8-6-9-7-8/h8-10H,2-7H2,1H3. The van der Waals surface area contributed by atoms with Gasteiger partial charge in [0.15, 0.2) is 0 Å². The van der Waals surface area contributed by atoms with Gasteiger partial charge in [-0.2, -0.15) is 11.8 Å². The average molecular weight is 174 g/mol. The smallest absolute Gasteiger partial charge is 0.0317 e. The van der Waals surface area contributed by atoms with Gasteiger partial charge in [-0.05, 0) is 31.4 Å². The second-order valence-electron chi connectivity index (χ2n) is 3.01. The monoisotopic (exact) mass is 174 g/mol. The zero-order valence-electron chi connectivity index (χ0n) is 7.23. The fourth-order valence-corrected chi connectivity index (χ4v) is 1.60. The van der Waals surface area contributed by atoms with Gasteiger partial charge in [-0.25, -0.2) is 0 Å². The first-order valence-electron chi connectivity index (χ1n) is 4.36. The van der Waals surface area contributed by atoms with E-state index < -0.39 is 0 Å². The SMILES string of the molecule is CSCCCCNC1CNC1. The molecular weight excluding hydrogens is 156 g/mol. The van der Waals surface area contributed by atoms with Crippen LogP contribution in [0.3, 0.4) is 0 Å². The van der Waals surface area contributed by atoms with Gasteiger partial charge in [0.2, 0.25) is 0 Å². The molecule has 0 spiro atoms. The number of unbranched alkanes of at least 4 members (excludes halogenated alkanes) is 1. The lowest BCUT2D eigenvalue weighted by atomic mass is 10.2. The first-order valence-corrected chi connectivity index (χ1v) is 5.76. The number of thioether (sulfide) groups is 1. The van der Waals surface area contributed by atoms with E-state index in [9.17, 15) is 0 Å². The van der Waals surface area contributed by atoms with Gasteiger partial charge in [0.1, 0.15) is 0 Å². The maximum absolute atomic E-state index is 3.51. The summed E-state index contributed by atoms with van der Waals surface area (Å²) in [6, 6.07) is 0.768. The lowest BCUT2D eigenvalue weighted by molar-refractivity contribution is 0.365. The molecule has 0 amide bonds. The summed E-state index contributed by atoms with van der Waals surface area (Å²) in [5.74, 6) is 1.31. The first-order chi connectivity index (χ1) is 5.43. The quantitative estimate of drug-likeness (QED) is 0.579. The van der Waals surface area contributed by atoms with E-state index in [1.165, 1.54) is 38.2 Å². The molecule has 0 radical (unpaired) electrons. The highest BCUT2D eigenvalue weighted by Crippen LogP contribution is 1.98. The fourth-order valence-electron chi connectivity index (χ4n) is 1.11. The third kappa shape index (κ3) is 3.99. The fraction of sp³-hybridized carbons (Fsp3) is 1.00. The van der Waals surface area contributed by atoms with Crippen molar-refractivity contribution in [1.82, 2.24) is 10.6 Å². The minimum atomic E-state index is 0.768. The van der Waals surface area contributed by atoms with E-state index in [0.717, 1.165) is 6.04 Å². The number of rotatable bonds is 6. The second kappa shape index (κ2) is 5.86. The number of hydrogen-bond donors (Lipinski definition) is 2. The van der Waals surface area contributed by atoms with Crippen molar-refractivity contribution in [2.75, 3.05) is 31.6 Å². The molecule has 66 valence electrons. The zero-order chi connectivity index (χ0) is 7.94. The summed E-state index contributed by atoms with van der Waals surface area (Å²) in [6.07, 6.45) is 4.86. The molecule has 1 fully saturated rings. The highest BCUT2D eigenvalue weighted by Gasteiger charge is 2.14. The van der Waals surface area contributed by atoms with Gasteiger partial charge in [0, 0.05) is 19.1 Å². The summed E-state index contributed by atoms with van der Waals surface area (Å²) in [7, 11) is 0. The molecule has 0 unspecified atom stereocenters. The normalized spacial score (nSPS) is 18.3. The Morgan fingerprint density at radius 2 is 2.27 bits per heavy atom. The summed E-state index contributed by atoms with van der Waals surface area (Å²) >= 11 is 1.94. The Morgan fingerprint density at radius 3 is 2.82 bits per heavy atom. The molecule has 0 atom stereocenters. The van der Waals surface area contributed by atoms with E-state index in [0.29, 0.717) is 0 Å². The summed E-state index contributed by atoms with van der Waals surface area (Å²) < 4.78 is 0. The van der Waals surface area contributed by atoms with Gasteiger partial charge < -0.3 is 10.6 Å². The molecule has 0 aromatic heterocycles. The van der Waals surface area contributed by atoms with E-state index in [4.69, 9.17) is 0 Å². The van der Waals surface area contributed by atoms with Crippen LogP contribution in [0.1, 0.15) is 12.8 Å². The maximum atomic E-state index is 3.51. The Bertz CT molecular complexity index is 94.1. The second-order valence-corrected chi connectivity index (χ2v) is 3.99. The van der Waals surface area contributed by atoms with Crippen molar-refractivity contribution in [3.05, 3.63) is 0 Å². The third-order valence-corrected chi connectivity index (χ3v) is 2.69. The Morgan fingerprint density at radius 1 is 1.45 bits per heavy atom. The van der Waals surface area contributed by atoms with E-state index in [2.05, 4.69) is 16.9 Å². The summed E-state index contributed by atoms with van der Waals surface area (Å²) in [6.45, 7) is 3.54. The van der Waals surface area contributed by atoms with Crippen molar-refractivity contribution >= 4 is 11.8 Å². The van der Waals surface area contributed by atoms with Crippen LogP contribution in [0.5, 0.6) is 0 Å². The Kier molecular flexibility index (Phi) is 4.99. The van der Waals surface area contributed by atoms with Crippen LogP contribution in [0.4, 0.5) is 0 Å². The number of hydrogen-bond acceptors (Lipinski definition) is 3. The molecule has 0 aromatic rings. The van der Waals surface area contributed by atoms with E-state index in [-0.39, 0.29) is 0 Å². The molecule has 0 aromatic carbocycles. The van der Waals surface area contributed by atoms with Gasteiger partial charge in [0.05, 0.1) is 0 Å². The topological polar surface area (TPSA) is 24.1 Å². The van der Waals surface area contributed by atoms with Crippen molar-refractivity contribution in [3.8, 4) is 0 Å². The molecule has 1 saturated heterocycles. The van der Waals surface area contributed by atoms with Crippen LogP contribution in [0.25, 0.3) is 0 Å². The Balaban J connectivity index is 1.73. The van der Waals surface area contributed by atoms with Crippen LogP contribution in [0.15, 0.2) is 0 Å². The predicted molar refractivity (Wildman–Crippen MR) is 52.3 cm³/mol. The summed E-state index contributed by atoms with van der Waals surface area (Å²) in [5, 5.41) is 6.75. The first kappa shape index (κ1) is 9.36. The average Bonchev–Trinajstić information content (AvgIpc) is 1.93. The minimum absolute atomic E-state index is 0.768. The lowest BCUT2D eigenvalue weighted by Gasteiger charge is -2.28. The van der Waals surface area contributed by atoms with E-state index >= 15 is 0 Å². The zero-order valence-corrected chi connectivity index (χ0v) is 8.04. The van der Waals surface area contributed by atoms with Gasteiger partial charge in [-0.1, -0.05) is 0 Å². The van der Waals surface area contributed by atoms with Crippen molar-refractivity contribution in [2.45, 2.75) is 18.9 Å². The molecular formula is C8H18N2S. The summed E-state index contributed by atoms with van der Waals surface area (Å²) in [5.41, 5.74) is 0. The largest absolute Gasteiger partial charge is 0.314 e. The van der Waals surface area contributed by atoms with E-state index in [1.807, 2.05) is 11.8 Å². The highest BCUT2D eigenvalue weighted by atomic mass is 32.2. The van der Waals surface area contributed by atoms with Gasteiger partial charge in [0.25, 0.3) is 0 Å². The molecule has 2 N–H and O–H groups in total. The van der Waals surface area contributed by atoms with Crippen molar-refractivity contribution in [3.63, 3.8) is 0 Å². The number of nitrogens with one attached hydrogen (secondary N) is 2. The highest BCUT2D eigenvalue weighted by molar-refractivity contribution is 7.98. The summed E-state index contributed by atoms with van der Waals surface area (Å²) in [4.78, 5) is 0. The molecule has 1 aliphatic heterocycles. The molecule has 0 saturated carbocycles. The molecule has 3 heteroatoms. The van der Waals surface area contributed by atoms with Crippen molar-refractivity contribution < 1.29 is 0 Å². The molecule has 11 heavy (non-hydrogen) atoms. The molecule has 2 nitrogen and oxygen atoms in total. The molecule has 1 aliphatic rings. The lowest BCUT2D eigenvalue weighted by Crippen LogP contribution is -2.55. The maximum Gasteiger partial charge on any atom is 0.0317 e. The van der Waals surface area contributed by atoms with Crippen LogP contribution in [0.2, 0.25) is 0 Å². The van der Waals surface area contributed by atoms with Crippen molar-refractivity contribution in [1.29, 1.82) is 0 Å². The van der Waals surface area contributed by atoms with Crippen LogP contribution in [-0.4, -0.2) is 37.7 Å². The predicted octanol–water partition coefficient (Wildman–Crippen LogP) is 0.691. The van der Waals surface area contributed by atoms with Crippen molar-refractivity contribution in [2.24, 2.45) is 0 Å². The molecule has 0 bridgehead atoms. The Hall–Kier alpha value is 0.270. The van der Waals surface area contributed by atoms with Crippen LogP contribution in [-0.2, 0) is 0 Å². The minimum Gasteiger partial charge on any atom is -0.314 e. The van der Waals surface area contributed by atoms with Gasteiger partial charge >= 0.3 is 0 Å². The molecule has 1 rings (SSSR count). The van der Waals surface area contributed by atoms with Gasteiger partial charge in [-0.3, -0.25) is 0 Å². The van der Waals surface area contributed by atoms with Crippen LogP contribution >= 0.6 is 11.8 Å². The van der Waals surface area contributed by atoms with Gasteiger partial charge in [-0.15, -0.1) is 0 Å². The van der Waals surface area contributed by atoms with E-state index in [1.54, 1.807) is 0 Å². The Labute approximate surface area is 73.5 Å². The third-order valence-electron chi connectivity index (χ3n) is 1.99.